The molecule has 0 saturated carbocycles. The Bertz CT molecular complexity index is 341. The van der Waals surface area contributed by atoms with Crippen molar-refractivity contribution in [1.82, 2.24) is 4.90 Å². The normalized spacial score (nSPS) is 24.6. The summed E-state index contributed by atoms with van der Waals surface area (Å²) in [6.45, 7) is 4.28. The third-order valence-corrected chi connectivity index (χ3v) is 4.54. The molecule has 2 saturated heterocycles. The van der Waals surface area contributed by atoms with Gasteiger partial charge in [-0.1, -0.05) is 6.08 Å². The van der Waals surface area contributed by atoms with E-state index in [2.05, 4.69) is 6.58 Å². The predicted octanol–water partition coefficient (Wildman–Crippen LogP) is 0.212. The second-order valence-corrected chi connectivity index (χ2v) is 5.00. The molecule has 0 aromatic carbocycles. The van der Waals surface area contributed by atoms with Crippen LogP contribution >= 0.6 is 11.8 Å². The Balaban J connectivity index is 2.09. The Kier molecular flexibility index (Phi) is 2.94. The molecular formula is C10H14N2O3S. The number of imide groups is 1. The average molecular weight is 242 g/mol. The van der Waals surface area contributed by atoms with Gasteiger partial charge in [-0.15, -0.1) is 6.58 Å². The molecule has 0 aromatic rings. The second kappa shape index (κ2) is 4.10. The third-order valence-electron chi connectivity index (χ3n) is 3.06. The summed E-state index contributed by atoms with van der Waals surface area (Å²) < 4.78 is 4.71. The molecule has 0 spiro atoms. The third kappa shape index (κ3) is 1.62. The maximum absolute atomic E-state index is 12.0. The van der Waals surface area contributed by atoms with Crippen LogP contribution in [-0.4, -0.2) is 47.6 Å². The summed E-state index contributed by atoms with van der Waals surface area (Å²) in [5.41, 5.74) is 5.57. The molecule has 2 aliphatic heterocycles. The van der Waals surface area contributed by atoms with Crippen LogP contribution in [0.5, 0.6) is 0 Å². The van der Waals surface area contributed by atoms with Crippen molar-refractivity contribution in [2.75, 3.05) is 24.7 Å². The van der Waals surface area contributed by atoms with Gasteiger partial charge in [-0.25, -0.2) is 9.69 Å². The van der Waals surface area contributed by atoms with E-state index in [9.17, 15) is 9.59 Å². The molecule has 0 aromatic heterocycles. The van der Waals surface area contributed by atoms with Crippen LogP contribution in [0.2, 0.25) is 0 Å². The van der Waals surface area contributed by atoms with Gasteiger partial charge in [-0.2, -0.15) is 11.8 Å². The number of thioether (sulfide) groups is 1. The van der Waals surface area contributed by atoms with Crippen LogP contribution < -0.4 is 5.73 Å². The van der Waals surface area contributed by atoms with Gasteiger partial charge in [0.1, 0.15) is 6.61 Å². The molecule has 2 amide bonds. The highest BCUT2D eigenvalue weighted by Crippen LogP contribution is 2.41. The second-order valence-electron chi connectivity index (χ2n) is 4.01. The molecule has 0 bridgehead atoms. The topological polar surface area (TPSA) is 72.6 Å². The number of ether oxygens (including phenoxy) is 1. The van der Waals surface area contributed by atoms with Gasteiger partial charge in [0.05, 0.1) is 12.6 Å². The van der Waals surface area contributed by atoms with Gasteiger partial charge >= 0.3 is 6.09 Å². The van der Waals surface area contributed by atoms with Crippen LogP contribution in [0.1, 0.15) is 0 Å². The summed E-state index contributed by atoms with van der Waals surface area (Å²) >= 11 is 1.72. The molecule has 1 atom stereocenters. The fourth-order valence-corrected chi connectivity index (χ4v) is 3.04. The zero-order valence-electron chi connectivity index (χ0n) is 8.85. The Morgan fingerprint density at radius 3 is 2.75 bits per heavy atom. The Hall–Kier alpha value is -1.01. The van der Waals surface area contributed by atoms with E-state index >= 15 is 0 Å². The molecule has 1 unspecified atom stereocenters. The van der Waals surface area contributed by atoms with Crippen LogP contribution in [0.15, 0.2) is 12.7 Å². The first-order valence-corrected chi connectivity index (χ1v) is 6.21. The molecule has 2 fully saturated rings. The summed E-state index contributed by atoms with van der Waals surface area (Å²) in [4.78, 5) is 24.3. The predicted molar refractivity (Wildman–Crippen MR) is 61.0 cm³/mol. The first-order chi connectivity index (χ1) is 7.60. The number of rotatable bonds is 3. The van der Waals surface area contributed by atoms with Gasteiger partial charge in [-0.05, 0) is 0 Å². The molecule has 16 heavy (non-hydrogen) atoms. The fourth-order valence-electron chi connectivity index (χ4n) is 1.77. The summed E-state index contributed by atoms with van der Waals surface area (Å²) in [7, 11) is 0. The van der Waals surface area contributed by atoms with Crippen LogP contribution in [0.3, 0.4) is 0 Å². The largest absolute Gasteiger partial charge is 0.447 e. The van der Waals surface area contributed by atoms with Gasteiger partial charge in [0, 0.05) is 16.9 Å². The highest BCUT2D eigenvalue weighted by molar-refractivity contribution is 8.00. The highest BCUT2D eigenvalue weighted by atomic mass is 32.2. The van der Waals surface area contributed by atoms with Crippen molar-refractivity contribution in [3.8, 4) is 0 Å². The molecule has 2 heterocycles. The molecule has 2 aliphatic rings. The molecule has 2 rings (SSSR count). The first-order valence-electron chi connectivity index (χ1n) is 5.06. The molecular weight excluding hydrogens is 228 g/mol. The van der Waals surface area contributed by atoms with E-state index in [-0.39, 0.29) is 17.9 Å². The summed E-state index contributed by atoms with van der Waals surface area (Å²) in [6.07, 6.45) is 1.14. The summed E-state index contributed by atoms with van der Waals surface area (Å²) in [5.74, 6) is 1.21. The van der Waals surface area contributed by atoms with E-state index in [1.165, 1.54) is 0 Å². The molecule has 0 radical (unpaired) electrons. The number of hydrogen-bond donors (Lipinski definition) is 1. The zero-order chi connectivity index (χ0) is 11.8. The number of nitrogens with zero attached hydrogens (tertiary/aromatic N) is 1. The maximum Gasteiger partial charge on any atom is 0.416 e. The van der Waals surface area contributed by atoms with Crippen molar-refractivity contribution in [2.45, 2.75) is 6.04 Å². The van der Waals surface area contributed by atoms with Crippen molar-refractivity contribution < 1.29 is 14.3 Å². The minimum atomic E-state index is -0.697. The summed E-state index contributed by atoms with van der Waals surface area (Å²) in [6, 6.07) is -0.697. The van der Waals surface area contributed by atoms with E-state index in [0.717, 1.165) is 16.4 Å². The first kappa shape index (κ1) is 11.5. The van der Waals surface area contributed by atoms with Crippen molar-refractivity contribution >= 4 is 23.8 Å². The van der Waals surface area contributed by atoms with Gasteiger partial charge in [0.25, 0.3) is 0 Å². The quantitative estimate of drug-likeness (QED) is 0.716. The Morgan fingerprint density at radius 2 is 2.38 bits per heavy atom. The van der Waals surface area contributed by atoms with Crippen LogP contribution in [-0.2, 0) is 9.53 Å². The zero-order valence-corrected chi connectivity index (χ0v) is 9.66. The van der Waals surface area contributed by atoms with Gasteiger partial charge < -0.3 is 10.5 Å². The van der Waals surface area contributed by atoms with E-state index in [1.807, 2.05) is 0 Å². The lowest BCUT2D eigenvalue weighted by atomic mass is 9.83. The number of cyclic esters (lactones) is 1. The van der Waals surface area contributed by atoms with E-state index < -0.39 is 12.1 Å². The number of amides is 2. The van der Waals surface area contributed by atoms with Crippen LogP contribution in [0.4, 0.5) is 4.79 Å². The Morgan fingerprint density at radius 1 is 1.69 bits per heavy atom. The van der Waals surface area contributed by atoms with Crippen LogP contribution in [0, 0.1) is 5.41 Å². The number of carbonyl (C=O) groups excluding carboxylic acids is 2. The molecule has 0 aliphatic carbocycles. The lowest BCUT2D eigenvalue weighted by Gasteiger charge is -2.42. The van der Waals surface area contributed by atoms with Crippen molar-refractivity contribution in [2.24, 2.45) is 11.1 Å². The van der Waals surface area contributed by atoms with Crippen LogP contribution in [0.25, 0.3) is 0 Å². The highest BCUT2D eigenvalue weighted by Gasteiger charge is 2.47. The number of carbonyl (C=O) groups is 2. The molecule has 88 valence electrons. The number of hydrogen-bond acceptors (Lipinski definition) is 5. The molecule has 5 nitrogen and oxygen atoms in total. The van der Waals surface area contributed by atoms with Crippen molar-refractivity contribution in [3.63, 3.8) is 0 Å². The monoisotopic (exact) mass is 242 g/mol. The summed E-state index contributed by atoms with van der Waals surface area (Å²) in [5, 5.41) is 0. The van der Waals surface area contributed by atoms with Gasteiger partial charge in [-0.3, -0.25) is 4.79 Å². The van der Waals surface area contributed by atoms with Gasteiger partial charge in [0.15, 0.2) is 0 Å². The minimum absolute atomic E-state index is 0.257. The standard InChI is InChI=1S/C10H14N2O3S/c1-2-10(5-16-6-10)7(11)8(13)12-3-4-15-9(12)14/h2,7H,1,3-6,11H2. The van der Waals surface area contributed by atoms with Gasteiger partial charge in [0.2, 0.25) is 5.91 Å². The lowest BCUT2D eigenvalue weighted by molar-refractivity contribution is -0.131. The molecule has 6 heteroatoms. The SMILES string of the molecule is C=CC1(C(N)C(=O)N2CCOC2=O)CSC1. The fraction of sp³-hybridized carbons (Fsp3) is 0.600. The van der Waals surface area contributed by atoms with E-state index in [0.29, 0.717) is 6.54 Å². The average Bonchev–Trinajstić information content (AvgIpc) is 2.62. The molecule has 2 N–H and O–H groups in total. The maximum atomic E-state index is 12.0. The smallest absolute Gasteiger partial charge is 0.416 e. The van der Waals surface area contributed by atoms with E-state index in [1.54, 1.807) is 17.8 Å². The van der Waals surface area contributed by atoms with Crippen molar-refractivity contribution in [1.29, 1.82) is 0 Å². The number of nitrogens with two attached hydrogens (primary N) is 1. The lowest BCUT2D eigenvalue weighted by Crippen LogP contribution is -2.58. The minimum Gasteiger partial charge on any atom is -0.447 e. The Labute approximate surface area is 98.0 Å². The van der Waals surface area contributed by atoms with E-state index in [4.69, 9.17) is 10.5 Å². The van der Waals surface area contributed by atoms with Crippen molar-refractivity contribution in [3.05, 3.63) is 12.7 Å².